The molecule has 0 atom stereocenters. The molecule has 0 aliphatic rings. The number of allylic oxidation sites excluding steroid dienone is 1. The third kappa shape index (κ3) is 9.11. The van der Waals surface area contributed by atoms with Gasteiger partial charge in [-0.15, -0.1) is 0 Å². The van der Waals surface area contributed by atoms with Crippen LogP contribution in [0.2, 0.25) is 0 Å². The van der Waals surface area contributed by atoms with Crippen molar-refractivity contribution in [1.29, 1.82) is 0 Å². The number of nitrogens with zero attached hydrogens (tertiary/aromatic N) is 2. The normalized spacial score (nSPS) is 11.0. The van der Waals surface area contributed by atoms with Crippen molar-refractivity contribution in [2.24, 2.45) is 5.10 Å². The third-order valence-corrected chi connectivity index (χ3v) is 4.43. The van der Waals surface area contributed by atoms with Crippen LogP contribution in [0.25, 0.3) is 0 Å². The van der Waals surface area contributed by atoms with Crippen molar-refractivity contribution in [2.45, 2.75) is 27.7 Å². The number of benzene rings is 2. The van der Waals surface area contributed by atoms with Gasteiger partial charge in [0.25, 0.3) is 0 Å². The lowest BCUT2D eigenvalue weighted by molar-refractivity contribution is -0.104. The second-order valence-electron chi connectivity index (χ2n) is 6.62. The van der Waals surface area contributed by atoms with Crippen LogP contribution in [0.1, 0.15) is 33.3 Å². The molecule has 0 radical (unpaired) electrons. The number of carbonyl (C=O) groups is 1. The van der Waals surface area contributed by atoms with Crippen LogP contribution in [0, 0.1) is 0 Å². The predicted molar refractivity (Wildman–Crippen MR) is 137 cm³/mol. The van der Waals surface area contributed by atoms with E-state index < -0.39 is 0 Å². The average Bonchev–Trinajstić information content (AvgIpc) is 2.84. The number of anilines is 1. The number of hydrogen-bond donors (Lipinski definition) is 2. The van der Waals surface area contributed by atoms with E-state index in [1.54, 1.807) is 19.2 Å². The van der Waals surface area contributed by atoms with Gasteiger partial charge in [0.1, 0.15) is 23.6 Å². The Morgan fingerprint density at radius 1 is 1.15 bits per heavy atom. The maximum absolute atomic E-state index is 11.1. The highest BCUT2D eigenvalue weighted by atomic mass is 16.5. The zero-order valence-electron chi connectivity index (χ0n) is 20.5. The summed E-state index contributed by atoms with van der Waals surface area (Å²) < 4.78 is 10.8. The highest BCUT2D eigenvalue weighted by molar-refractivity contribution is 5.98. The first-order valence-electron chi connectivity index (χ1n) is 11.0. The number of hydrogen-bond acceptors (Lipinski definition) is 7. The minimum atomic E-state index is 0.386. The van der Waals surface area contributed by atoms with Crippen LogP contribution in [0.5, 0.6) is 11.5 Å². The molecular formula is C26H36N4O3. The topological polar surface area (TPSA) is 75.2 Å². The summed E-state index contributed by atoms with van der Waals surface area (Å²) in [5.74, 6) is 2.07. The van der Waals surface area contributed by atoms with E-state index in [0.717, 1.165) is 34.7 Å². The summed E-state index contributed by atoms with van der Waals surface area (Å²) in [6, 6.07) is 15.3. The monoisotopic (exact) mass is 452 g/mol. The molecule has 0 aliphatic carbocycles. The first-order chi connectivity index (χ1) is 16.0. The first kappa shape index (κ1) is 27.3. The van der Waals surface area contributed by atoms with E-state index in [0.29, 0.717) is 24.7 Å². The Kier molecular flexibility index (Phi) is 12.5. The summed E-state index contributed by atoms with van der Waals surface area (Å²) in [5, 5.41) is 12.6. The van der Waals surface area contributed by atoms with Crippen molar-refractivity contribution in [1.82, 2.24) is 10.3 Å². The lowest BCUT2D eigenvalue weighted by Crippen LogP contribution is -2.27. The standard InChI is InChI=1S/C24H30N4O3.C2H6/c1-6-31-24-10-8-7-9-23(24)25-17-21(15-16-29)26-19(3)28(4)27-18(2)20-11-13-22(30-5)14-12-20;1-2/h7-16,25-26H,3,6,17H2,1-2,4-5H3;1-2H3/b21-15-,27-18+;. The van der Waals surface area contributed by atoms with Crippen molar-refractivity contribution in [3.8, 4) is 11.5 Å². The van der Waals surface area contributed by atoms with Gasteiger partial charge in [0.05, 0.1) is 31.7 Å². The van der Waals surface area contributed by atoms with Gasteiger partial charge < -0.3 is 20.1 Å². The molecule has 0 aliphatic heterocycles. The number of methoxy groups -OCH3 is 1. The smallest absolute Gasteiger partial charge is 0.144 e. The molecule has 2 rings (SSSR count). The number of para-hydroxylation sites is 2. The summed E-state index contributed by atoms with van der Waals surface area (Å²) >= 11 is 0. The van der Waals surface area contributed by atoms with Crippen molar-refractivity contribution >= 4 is 17.7 Å². The Balaban J connectivity index is 0.00000265. The summed E-state index contributed by atoms with van der Waals surface area (Å²) in [7, 11) is 3.42. The van der Waals surface area contributed by atoms with E-state index in [2.05, 4.69) is 22.3 Å². The van der Waals surface area contributed by atoms with Gasteiger partial charge >= 0.3 is 0 Å². The summed E-state index contributed by atoms with van der Waals surface area (Å²) in [5.41, 5.74) is 3.28. The molecule has 2 aromatic carbocycles. The third-order valence-electron chi connectivity index (χ3n) is 4.43. The molecule has 2 aromatic rings. The Morgan fingerprint density at radius 2 is 1.82 bits per heavy atom. The summed E-state index contributed by atoms with van der Waals surface area (Å²) in [4.78, 5) is 11.1. The second-order valence-corrected chi connectivity index (χ2v) is 6.62. The predicted octanol–water partition coefficient (Wildman–Crippen LogP) is 5.03. The van der Waals surface area contributed by atoms with E-state index in [9.17, 15) is 4.79 Å². The molecule has 178 valence electrons. The number of ether oxygens (including phenoxy) is 2. The fourth-order valence-corrected chi connectivity index (χ4v) is 2.75. The van der Waals surface area contributed by atoms with E-state index in [1.165, 1.54) is 6.08 Å². The minimum absolute atomic E-state index is 0.386. The highest BCUT2D eigenvalue weighted by Gasteiger charge is 2.07. The molecule has 0 spiro atoms. The number of rotatable bonds is 12. The summed E-state index contributed by atoms with van der Waals surface area (Å²) in [6.45, 7) is 12.8. The van der Waals surface area contributed by atoms with Gasteiger partial charge in [-0.25, -0.2) is 0 Å². The largest absolute Gasteiger partial charge is 0.497 e. The minimum Gasteiger partial charge on any atom is -0.497 e. The second kappa shape index (κ2) is 15.1. The Bertz CT molecular complexity index is 937. The molecule has 0 saturated carbocycles. The van der Waals surface area contributed by atoms with Crippen molar-refractivity contribution in [3.63, 3.8) is 0 Å². The van der Waals surface area contributed by atoms with Crippen LogP contribution in [-0.4, -0.2) is 44.3 Å². The van der Waals surface area contributed by atoms with Gasteiger partial charge in [-0.1, -0.05) is 32.6 Å². The maximum atomic E-state index is 11.1. The van der Waals surface area contributed by atoms with Gasteiger partial charge in [-0.2, -0.15) is 5.10 Å². The van der Waals surface area contributed by atoms with Gasteiger partial charge in [0.2, 0.25) is 0 Å². The molecule has 7 nitrogen and oxygen atoms in total. The Morgan fingerprint density at radius 3 is 2.42 bits per heavy atom. The molecular weight excluding hydrogens is 416 g/mol. The van der Waals surface area contributed by atoms with Crippen molar-refractivity contribution in [3.05, 3.63) is 78.3 Å². The quantitative estimate of drug-likeness (QED) is 0.204. The van der Waals surface area contributed by atoms with Gasteiger partial charge in [-0.05, 0) is 61.9 Å². The number of aldehydes is 1. The maximum Gasteiger partial charge on any atom is 0.144 e. The molecule has 0 heterocycles. The fourth-order valence-electron chi connectivity index (χ4n) is 2.75. The first-order valence-corrected chi connectivity index (χ1v) is 11.0. The molecule has 0 fully saturated rings. The van der Waals surface area contributed by atoms with E-state index in [4.69, 9.17) is 9.47 Å². The Hall–Kier alpha value is -3.74. The fraction of sp³-hybridized carbons (Fsp3) is 0.308. The molecule has 0 saturated heterocycles. The number of hydrazone groups is 1. The van der Waals surface area contributed by atoms with Crippen LogP contribution in [0.3, 0.4) is 0 Å². The van der Waals surface area contributed by atoms with E-state index in [1.807, 2.05) is 76.2 Å². The number of carbonyl (C=O) groups excluding carboxylic acids is 1. The Labute approximate surface area is 197 Å². The van der Waals surface area contributed by atoms with Gasteiger partial charge in [-0.3, -0.25) is 9.80 Å². The molecule has 0 amide bonds. The van der Waals surface area contributed by atoms with Gasteiger partial charge in [0.15, 0.2) is 0 Å². The molecule has 2 N–H and O–H groups in total. The van der Waals surface area contributed by atoms with Crippen LogP contribution in [0.15, 0.2) is 77.8 Å². The van der Waals surface area contributed by atoms with Crippen molar-refractivity contribution in [2.75, 3.05) is 32.6 Å². The SMILES string of the molecule is C=C(N/C(=C\C=O)CNc1ccccc1OCC)N(C)/N=C(\C)c1ccc(OC)cc1.CC. The van der Waals surface area contributed by atoms with Gasteiger partial charge in [0, 0.05) is 12.7 Å². The van der Waals surface area contributed by atoms with E-state index >= 15 is 0 Å². The average molecular weight is 453 g/mol. The van der Waals surface area contributed by atoms with E-state index in [-0.39, 0.29) is 0 Å². The zero-order chi connectivity index (χ0) is 24.6. The van der Waals surface area contributed by atoms with Crippen LogP contribution in [0.4, 0.5) is 5.69 Å². The molecule has 0 aromatic heterocycles. The molecule has 0 unspecified atom stereocenters. The van der Waals surface area contributed by atoms with Crippen LogP contribution < -0.4 is 20.1 Å². The highest BCUT2D eigenvalue weighted by Crippen LogP contribution is 2.23. The number of nitrogens with one attached hydrogen (secondary N) is 2. The molecule has 33 heavy (non-hydrogen) atoms. The van der Waals surface area contributed by atoms with Crippen molar-refractivity contribution < 1.29 is 14.3 Å². The lowest BCUT2D eigenvalue weighted by atomic mass is 10.1. The molecule has 7 heteroatoms. The van der Waals surface area contributed by atoms with Crippen LogP contribution >= 0.6 is 0 Å². The zero-order valence-corrected chi connectivity index (χ0v) is 20.5. The summed E-state index contributed by atoms with van der Waals surface area (Å²) in [6.07, 6.45) is 2.19. The van der Waals surface area contributed by atoms with Crippen LogP contribution in [-0.2, 0) is 4.79 Å². The molecule has 0 bridgehead atoms. The lowest BCUT2D eigenvalue weighted by Gasteiger charge is -2.21.